The van der Waals surface area contributed by atoms with Crippen LogP contribution in [0.1, 0.15) is 5.56 Å². The Morgan fingerprint density at radius 2 is 2.25 bits per heavy atom. The molecule has 4 nitrogen and oxygen atoms in total. The number of halogens is 1. The number of nitrogen functional groups attached to an aromatic ring is 1. The second-order valence-corrected chi connectivity index (χ2v) is 3.74. The minimum absolute atomic E-state index is 0.502. The fourth-order valence-corrected chi connectivity index (χ4v) is 1.73. The molecule has 0 saturated carbocycles. The number of methoxy groups -OCH3 is 1. The minimum Gasteiger partial charge on any atom is -0.496 e. The smallest absolute Gasteiger partial charge is 0.125 e. The highest BCUT2D eigenvalue weighted by Gasteiger charge is 2.09. The van der Waals surface area contributed by atoms with Gasteiger partial charge in [-0.05, 0) is 18.2 Å². The van der Waals surface area contributed by atoms with Crippen LogP contribution >= 0.6 is 11.6 Å². The minimum atomic E-state index is 0.502. The third-order valence-electron chi connectivity index (χ3n) is 2.35. The molecular weight excluding hydrogens is 226 g/mol. The van der Waals surface area contributed by atoms with Gasteiger partial charge in [-0.15, -0.1) is 0 Å². The van der Waals surface area contributed by atoms with Crippen molar-refractivity contribution in [3.63, 3.8) is 0 Å². The topological polar surface area (TPSA) is 53.1 Å². The van der Waals surface area contributed by atoms with Crippen LogP contribution in [0.25, 0.3) is 0 Å². The molecule has 0 radical (unpaired) electrons. The van der Waals surface area contributed by atoms with Gasteiger partial charge in [0.1, 0.15) is 11.6 Å². The number of aromatic nitrogens is 2. The van der Waals surface area contributed by atoms with Gasteiger partial charge in [-0.25, -0.2) is 4.68 Å². The molecule has 0 fully saturated rings. The van der Waals surface area contributed by atoms with Gasteiger partial charge in [0.25, 0.3) is 0 Å². The van der Waals surface area contributed by atoms with Crippen molar-refractivity contribution in [1.82, 2.24) is 9.78 Å². The lowest BCUT2D eigenvalue weighted by Crippen LogP contribution is -2.07. The van der Waals surface area contributed by atoms with Crippen LogP contribution in [0.4, 0.5) is 5.82 Å². The molecular formula is C11H12ClN3O. The zero-order valence-electron chi connectivity index (χ0n) is 8.85. The van der Waals surface area contributed by atoms with Gasteiger partial charge in [0, 0.05) is 10.6 Å². The maximum atomic E-state index is 6.12. The maximum Gasteiger partial charge on any atom is 0.125 e. The summed E-state index contributed by atoms with van der Waals surface area (Å²) in [4.78, 5) is 0. The van der Waals surface area contributed by atoms with Gasteiger partial charge in [-0.2, -0.15) is 5.10 Å². The number of hydrogen-bond donors (Lipinski definition) is 1. The fourth-order valence-electron chi connectivity index (χ4n) is 1.51. The van der Waals surface area contributed by atoms with Gasteiger partial charge < -0.3 is 10.5 Å². The number of ether oxygens (including phenoxy) is 1. The molecule has 1 aromatic heterocycles. The van der Waals surface area contributed by atoms with Crippen LogP contribution in [0.3, 0.4) is 0 Å². The second-order valence-electron chi connectivity index (χ2n) is 3.33. The number of nitrogens with two attached hydrogens (primary N) is 1. The Hall–Kier alpha value is -1.68. The standard InChI is InChI=1S/C11H12ClN3O/c1-16-10-4-2-3-9(12)8(10)7-15-11(13)5-6-14-15/h2-6H,7,13H2,1H3. The lowest BCUT2D eigenvalue weighted by molar-refractivity contribution is 0.407. The number of rotatable bonds is 3. The third-order valence-corrected chi connectivity index (χ3v) is 2.71. The molecule has 2 rings (SSSR count). The number of anilines is 1. The molecule has 0 aliphatic carbocycles. The van der Waals surface area contributed by atoms with Crippen molar-refractivity contribution < 1.29 is 4.74 Å². The molecule has 2 N–H and O–H groups in total. The van der Waals surface area contributed by atoms with Crippen molar-refractivity contribution in [1.29, 1.82) is 0 Å². The zero-order valence-corrected chi connectivity index (χ0v) is 9.61. The van der Waals surface area contributed by atoms with E-state index in [9.17, 15) is 0 Å². The average molecular weight is 238 g/mol. The first-order valence-corrected chi connectivity index (χ1v) is 5.19. The Balaban J connectivity index is 2.37. The number of hydrogen-bond acceptors (Lipinski definition) is 3. The van der Waals surface area contributed by atoms with E-state index in [4.69, 9.17) is 22.1 Å². The summed E-state index contributed by atoms with van der Waals surface area (Å²) in [5, 5.41) is 4.75. The highest BCUT2D eigenvalue weighted by Crippen LogP contribution is 2.27. The summed E-state index contributed by atoms with van der Waals surface area (Å²) < 4.78 is 6.92. The van der Waals surface area contributed by atoms with Crippen LogP contribution in [0.15, 0.2) is 30.5 Å². The summed E-state index contributed by atoms with van der Waals surface area (Å²) in [5.74, 6) is 1.34. The monoisotopic (exact) mass is 237 g/mol. The summed E-state index contributed by atoms with van der Waals surface area (Å²) in [6.45, 7) is 0.502. The Kier molecular flexibility index (Phi) is 3.01. The molecule has 0 aliphatic rings. The van der Waals surface area contributed by atoms with Crippen molar-refractivity contribution in [2.75, 3.05) is 12.8 Å². The van der Waals surface area contributed by atoms with E-state index in [1.165, 1.54) is 0 Å². The van der Waals surface area contributed by atoms with Crippen molar-refractivity contribution in [2.24, 2.45) is 0 Å². The third kappa shape index (κ3) is 1.97. The SMILES string of the molecule is COc1cccc(Cl)c1Cn1nccc1N. The van der Waals surface area contributed by atoms with Crippen molar-refractivity contribution in [2.45, 2.75) is 6.54 Å². The van der Waals surface area contributed by atoms with E-state index < -0.39 is 0 Å². The average Bonchev–Trinajstić information content (AvgIpc) is 2.67. The maximum absolute atomic E-state index is 6.12. The van der Waals surface area contributed by atoms with Crippen molar-refractivity contribution in [3.8, 4) is 5.75 Å². The predicted octanol–water partition coefficient (Wildman–Crippen LogP) is 2.18. The lowest BCUT2D eigenvalue weighted by atomic mass is 10.2. The van der Waals surface area contributed by atoms with E-state index in [1.54, 1.807) is 24.1 Å². The van der Waals surface area contributed by atoms with Crippen LogP contribution in [0, 0.1) is 0 Å². The van der Waals surface area contributed by atoms with E-state index in [1.807, 2.05) is 18.2 Å². The Morgan fingerprint density at radius 3 is 2.88 bits per heavy atom. The lowest BCUT2D eigenvalue weighted by Gasteiger charge is -2.11. The van der Waals surface area contributed by atoms with Crippen molar-refractivity contribution in [3.05, 3.63) is 41.0 Å². The summed E-state index contributed by atoms with van der Waals surface area (Å²) in [6, 6.07) is 7.26. The molecule has 84 valence electrons. The van der Waals surface area contributed by atoms with E-state index in [2.05, 4.69) is 5.10 Å². The highest BCUT2D eigenvalue weighted by molar-refractivity contribution is 6.31. The van der Waals surface area contributed by atoms with Gasteiger partial charge in [0.2, 0.25) is 0 Å². The molecule has 1 heterocycles. The first kappa shape index (κ1) is 10.8. The van der Waals surface area contributed by atoms with Gasteiger partial charge >= 0.3 is 0 Å². The molecule has 0 unspecified atom stereocenters. The molecule has 0 atom stereocenters. The van der Waals surface area contributed by atoms with Crippen LogP contribution < -0.4 is 10.5 Å². The predicted molar refractivity (Wildman–Crippen MR) is 63.7 cm³/mol. The first-order valence-electron chi connectivity index (χ1n) is 4.81. The summed E-state index contributed by atoms with van der Waals surface area (Å²) in [7, 11) is 1.61. The molecule has 2 aromatic rings. The highest BCUT2D eigenvalue weighted by atomic mass is 35.5. The van der Waals surface area contributed by atoms with Gasteiger partial charge in [0.05, 0.1) is 19.9 Å². The largest absolute Gasteiger partial charge is 0.496 e. The first-order chi connectivity index (χ1) is 7.72. The van der Waals surface area contributed by atoms with E-state index in [-0.39, 0.29) is 0 Å². The molecule has 0 spiro atoms. The molecule has 1 aromatic carbocycles. The zero-order chi connectivity index (χ0) is 11.5. The summed E-state index contributed by atoms with van der Waals surface area (Å²) in [6.07, 6.45) is 1.65. The van der Waals surface area contributed by atoms with Crippen LogP contribution in [0.5, 0.6) is 5.75 Å². The van der Waals surface area contributed by atoms with E-state index in [0.717, 1.165) is 11.3 Å². The molecule has 0 saturated heterocycles. The molecule has 16 heavy (non-hydrogen) atoms. The molecule has 0 amide bonds. The van der Waals surface area contributed by atoms with Crippen LogP contribution in [-0.4, -0.2) is 16.9 Å². The molecule has 0 bridgehead atoms. The number of nitrogens with zero attached hydrogens (tertiary/aromatic N) is 2. The van der Waals surface area contributed by atoms with Gasteiger partial charge in [-0.3, -0.25) is 0 Å². The fraction of sp³-hybridized carbons (Fsp3) is 0.182. The second kappa shape index (κ2) is 4.45. The van der Waals surface area contributed by atoms with Crippen LogP contribution in [-0.2, 0) is 6.54 Å². The quantitative estimate of drug-likeness (QED) is 0.890. The van der Waals surface area contributed by atoms with Gasteiger partial charge in [0.15, 0.2) is 0 Å². The van der Waals surface area contributed by atoms with E-state index >= 15 is 0 Å². The Bertz CT molecular complexity index is 496. The van der Waals surface area contributed by atoms with Crippen LogP contribution in [0.2, 0.25) is 5.02 Å². The summed E-state index contributed by atoms with van der Waals surface area (Å²) >= 11 is 6.12. The Morgan fingerprint density at radius 1 is 1.44 bits per heavy atom. The summed E-state index contributed by atoms with van der Waals surface area (Å²) in [5.41, 5.74) is 6.62. The van der Waals surface area contributed by atoms with E-state index in [0.29, 0.717) is 17.4 Å². The van der Waals surface area contributed by atoms with Crippen molar-refractivity contribution >= 4 is 17.4 Å². The normalized spacial score (nSPS) is 10.4. The molecule has 0 aliphatic heterocycles. The number of benzene rings is 1. The molecule has 5 heteroatoms. The van der Waals surface area contributed by atoms with Gasteiger partial charge in [-0.1, -0.05) is 17.7 Å². The Labute approximate surface area is 98.6 Å².